The second-order valence-electron chi connectivity index (χ2n) is 8.20. The summed E-state index contributed by atoms with van der Waals surface area (Å²) in [7, 11) is 0. The number of nitrogens with one attached hydrogen (secondary N) is 1. The first-order valence-corrected chi connectivity index (χ1v) is 10.8. The lowest BCUT2D eigenvalue weighted by Gasteiger charge is -2.27. The first-order chi connectivity index (χ1) is 15.0. The molecular formula is C24H26N2O5. The van der Waals surface area contributed by atoms with Gasteiger partial charge in [0, 0.05) is 35.5 Å². The van der Waals surface area contributed by atoms with Gasteiger partial charge in [-0.3, -0.25) is 24.1 Å². The van der Waals surface area contributed by atoms with Crippen molar-refractivity contribution in [3.05, 3.63) is 47.5 Å². The lowest BCUT2D eigenvalue weighted by molar-refractivity contribution is -0.155. The number of rotatable bonds is 7. The van der Waals surface area contributed by atoms with Crippen LogP contribution in [0.1, 0.15) is 66.2 Å². The molecule has 2 aromatic carbocycles. The average molecular weight is 422 g/mol. The molecule has 0 spiro atoms. The van der Waals surface area contributed by atoms with Crippen LogP contribution in [0.4, 0.5) is 0 Å². The Morgan fingerprint density at radius 1 is 1.06 bits per heavy atom. The van der Waals surface area contributed by atoms with E-state index in [1.165, 1.54) is 4.90 Å². The number of ether oxygens (including phenoxy) is 1. The molecule has 3 amide bonds. The standard InChI is InChI=1S/C24H26N2O5/c1-15(22(28)25-17-9-2-3-10-17)31-20(27)13-6-14-26-23(29)18-11-4-7-16-8-5-12-19(21(16)18)24(26)30/h4-5,7-8,11-12,15,17H,2-3,6,9-10,13-14H2,1H3,(H,25,28)/t15-/m1/s1. The van der Waals surface area contributed by atoms with E-state index in [1.807, 2.05) is 12.1 Å². The molecule has 7 nitrogen and oxygen atoms in total. The molecule has 1 atom stereocenters. The summed E-state index contributed by atoms with van der Waals surface area (Å²) in [5, 5.41) is 4.44. The number of carbonyl (C=O) groups is 4. The number of amides is 3. The third-order valence-corrected chi connectivity index (χ3v) is 6.00. The van der Waals surface area contributed by atoms with Gasteiger partial charge in [-0.25, -0.2) is 0 Å². The second-order valence-corrected chi connectivity index (χ2v) is 8.20. The van der Waals surface area contributed by atoms with Crippen LogP contribution in [0.15, 0.2) is 36.4 Å². The third kappa shape index (κ3) is 4.31. The van der Waals surface area contributed by atoms with E-state index in [-0.39, 0.29) is 43.1 Å². The molecule has 1 heterocycles. The summed E-state index contributed by atoms with van der Waals surface area (Å²) >= 11 is 0. The molecular weight excluding hydrogens is 396 g/mol. The molecule has 0 radical (unpaired) electrons. The summed E-state index contributed by atoms with van der Waals surface area (Å²) in [6.07, 6.45) is 3.55. The fourth-order valence-electron chi connectivity index (χ4n) is 4.36. The summed E-state index contributed by atoms with van der Waals surface area (Å²) in [5.74, 6) is -1.52. The molecule has 7 heteroatoms. The van der Waals surface area contributed by atoms with Crippen LogP contribution in [0.2, 0.25) is 0 Å². The number of benzene rings is 2. The molecule has 0 bridgehead atoms. The smallest absolute Gasteiger partial charge is 0.306 e. The lowest BCUT2D eigenvalue weighted by atomic mass is 9.94. The van der Waals surface area contributed by atoms with E-state index in [1.54, 1.807) is 31.2 Å². The Morgan fingerprint density at radius 2 is 1.68 bits per heavy atom. The second kappa shape index (κ2) is 8.88. The van der Waals surface area contributed by atoms with Gasteiger partial charge in [-0.05, 0) is 43.7 Å². The molecule has 2 aromatic rings. The van der Waals surface area contributed by atoms with E-state index in [9.17, 15) is 19.2 Å². The van der Waals surface area contributed by atoms with Gasteiger partial charge in [-0.1, -0.05) is 37.1 Å². The highest BCUT2D eigenvalue weighted by atomic mass is 16.5. The van der Waals surface area contributed by atoms with E-state index in [2.05, 4.69) is 5.32 Å². The van der Waals surface area contributed by atoms with Gasteiger partial charge in [-0.15, -0.1) is 0 Å². The molecule has 1 saturated carbocycles. The Morgan fingerprint density at radius 3 is 2.29 bits per heavy atom. The van der Waals surface area contributed by atoms with Crippen LogP contribution in [0.25, 0.3) is 10.8 Å². The predicted octanol–water partition coefficient (Wildman–Crippen LogP) is 3.21. The normalized spacial score (nSPS) is 17.1. The molecule has 4 rings (SSSR count). The molecule has 0 aromatic heterocycles. The Kier molecular flexibility index (Phi) is 6.02. The van der Waals surface area contributed by atoms with Gasteiger partial charge in [0.15, 0.2) is 6.10 Å². The number of imide groups is 1. The van der Waals surface area contributed by atoms with E-state index in [0.29, 0.717) is 16.5 Å². The van der Waals surface area contributed by atoms with Crippen molar-refractivity contribution in [3.63, 3.8) is 0 Å². The molecule has 0 unspecified atom stereocenters. The lowest BCUT2D eigenvalue weighted by Crippen LogP contribution is -2.41. The molecule has 31 heavy (non-hydrogen) atoms. The molecule has 1 N–H and O–H groups in total. The minimum Gasteiger partial charge on any atom is -0.453 e. The third-order valence-electron chi connectivity index (χ3n) is 6.00. The van der Waals surface area contributed by atoms with Crippen LogP contribution in [-0.2, 0) is 14.3 Å². The Hall–Kier alpha value is -3.22. The highest BCUT2D eigenvalue weighted by Crippen LogP contribution is 2.30. The van der Waals surface area contributed by atoms with Crippen LogP contribution in [0, 0.1) is 0 Å². The van der Waals surface area contributed by atoms with Crippen molar-refractivity contribution in [1.29, 1.82) is 0 Å². The van der Waals surface area contributed by atoms with Crippen molar-refractivity contribution in [2.24, 2.45) is 0 Å². The highest BCUT2D eigenvalue weighted by molar-refractivity contribution is 6.25. The summed E-state index contributed by atoms with van der Waals surface area (Å²) in [5.41, 5.74) is 0.986. The van der Waals surface area contributed by atoms with E-state index in [4.69, 9.17) is 4.74 Å². The van der Waals surface area contributed by atoms with Crippen LogP contribution in [0.5, 0.6) is 0 Å². The number of hydrogen-bond acceptors (Lipinski definition) is 5. The number of esters is 1. The van der Waals surface area contributed by atoms with Gasteiger partial charge in [-0.2, -0.15) is 0 Å². The fourth-order valence-corrected chi connectivity index (χ4v) is 4.36. The van der Waals surface area contributed by atoms with Crippen molar-refractivity contribution in [3.8, 4) is 0 Å². The van der Waals surface area contributed by atoms with E-state index in [0.717, 1.165) is 31.1 Å². The van der Waals surface area contributed by atoms with Crippen LogP contribution < -0.4 is 5.32 Å². The largest absolute Gasteiger partial charge is 0.453 e. The highest BCUT2D eigenvalue weighted by Gasteiger charge is 2.32. The van der Waals surface area contributed by atoms with Gasteiger partial charge in [0.25, 0.3) is 17.7 Å². The topological polar surface area (TPSA) is 92.8 Å². The van der Waals surface area contributed by atoms with Gasteiger partial charge < -0.3 is 10.1 Å². The zero-order valence-corrected chi connectivity index (χ0v) is 17.6. The van der Waals surface area contributed by atoms with Gasteiger partial charge >= 0.3 is 5.97 Å². The maximum atomic E-state index is 12.9. The Labute approximate surface area is 180 Å². The monoisotopic (exact) mass is 422 g/mol. The average Bonchev–Trinajstić information content (AvgIpc) is 3.27. The minimum atomic E-state index is -0.865. The fraction of sp³-hybridized carbons (Fsp3) is 0.417. The first-order valence-electron chi connectivity index (χ1n) is 10.8. The summed E-state index contributed by atoms with van der Waals surface area (Å²) < 4.78 is 5.23. The van der Waals surface area contributed by atoms with Crippen molar-refractivity contribution >= 4 is 34.5 Å². The van der Waals surface area contributed by atoms with Crippen molar-refractivity contribution in [2.75, 3.05) is 6.54 Å². The molecule has 162 valence electrons. The van der Waals surface area contributed by atoms with Crippen molar-refractivity contribution < 1.29 is 23.9 Å². The SMILES string of the molecule is C[C@@H](OC(=O)CCCN1C(=O)c2cccc3cccc(c23)C1=O)C(=O)NC1CCCC1. The predicted molar refractivity (Wildman–Crippen MR) is 115 cm³/mol. The molecule has 1 fully saturated rings. The Bertz CT molecular complexity index is 991. The molecule has 1 aliphatic carbocycles. The first kappa shape index (κ1) is 21.0. The molecule has 2 aliphatic rings. The summed E-state index contributed by atoms with van der Waals surface area (Å²) in [6.45, 7) is 1.66. The van der Waals surface area contributed by atoms with Crippen LogP contribution in [0.3, 0.4) is 0 Å². The minimum absolute atomic E-state index is 0.0178. The van der Waals surface area contributed by atoms with Gasteiger partial charge in [0.05, 0.1) is 0 Å². The van der Waals surface area contributed by atoms with E-state index < -0.39 is 12.1 Å². The zero-order chi connectivity index (χ0) is 22.0. The molecule has 0 saturated heterocycles. The number of carbonyl (C=O) groups excluding carboxylic acids is 4. The van der Waals surface area contributed by atoms with Crippen LogP contribution in [-0.4, -0.2) is 47.3 Å². The van der Waals surface area contributed by atoms with E-state index >= 15 is 0 Å². The quantitative estimate of drug-likeness (QED) is 0.546. The molecule has 1 aliphatic heterocycles. The van der Waals surface area contributed by atoms with Crippen molar-refractivity contribution in [2.45, 2.75) is 57.6 Å². The van der Waals surface area contributed by atoms with Gasteiger partial charge in [0.2, 0.25) is 0 Å². The maximum Gasteiger partial charge on any atom is 0.306 e. The Balaban J connectivity index is 1.31. The number of nitrogens with zero attached hydrogens (tertiary/aromatic N) is 1. The zero-order valence-electron chi connectivity index (χ0n) is 17.6. The number of hydrogen-bond donors (Lipinski definition) is 1. The summed E-state index contributed by atoms with van der Waals surface area (Å²) in [6, 6.07) is 10.9. The van der Waals surface area contributed by atoms with Crippen molar-refractivity contribution in [1.82, 2.24) is 10.2 Å². The van der Waals surface area contributed by atoms with Crippen LogP contribution >= 0.6 is 0 Å². The maximum absolute atomic E-state index is 12.9. The summed E-state index contributed by atoms with van der Waals surface area (Å²) in [4.78, 5) is 51.2. The van der Waals surface area contributed by atoms with Gasteiger partial charge in [0.1, 0.15) is 0 Å².